The first-order valence-electron chi connectivity index (χ1n) is 12.8. The summed E-state index contributed by atoms with van der Waals surface area (Å²) in [5.74, 6) is -0.354. The number of hydrogen-bond donors (Lipinski definition) is 2. The van der Waals surface area contributed by atoms with Crippen molar-refractivity contribution in [3.63, 3.8) is 0 Å². The number of nitrogens with two attached hydrogens (primary N) is 1. The van der Waals surface area contributed by atoms with Crippen molar-refractivity contribution >= 4 is 12.0 Å². The third kappa shape index (κ3) is 6.66. The number of benzene rings is 2. The van der Waals surface area contributed by atoms with Crippen LogP contribution in [0.4, 0.5) is 9.18 Å². The van der Waals surface area contributed by atoms with Gasteiger partial charge in [-0.2, -0.15) is 0 Å². The average Bonchev–Trinajstić information content (AvgIpc) is 3.34. The highest BCUT2D eigenvalue weighted by Gasteiger charge is 2.37. The van der Waals surface area contributed by atoms with E-state index in [1.807, 2.05) is 42.2 Å². The first kappa shape index (κ1) is 27.0. The van der Waals surface area contributed by atoms with Crippen molar-refractivity contribution in [2.75, 3.05) is 40.0 Å². The highest BCUT2D eigenvalue weighted by Crippen LogP contribution is 2.37. The van der Waals surface area contributed by atoms with Crippen LogP contribution in [0.25, 0.3) is 11.1 Å². The maximum absolute atomic E-state index is 15.3. The third-order valence-corrected chi connectivity index (χ3v) is 7.08. The lowest BCUT2D eigenvalue weighted by atomic mass is 9.91. The molecule has 0 radical (unpaired) electrons. The number of nitrogens with one attached hydrogen (secondary N) is 1. The van der Waals surface area contributed by atoms with E-state index < -0.39 is 18.3 Å². The minimum absolute atomic E-state index is 0.0633. The second kappa shape index (κ2) is 12.5. The van der Waals surface area contributed by atoms with Gasteiger partial charge in [-0.05, 0) is 43.4 Å². The molecule has 2 aromatic carbocycles. The fourth-order valence-corrected chi connectivity index (χ4v) is 5.25. The Kier molecular flexibility index (Phi) is 9.13. The van der Waals surface area contributed by atoms with Crippen molar-refractivity contribution < 1.29 is 28.2 Å². The van der Waals surface area contributed by atoms with Crippen molar-refractivity contribution in [1.29, 1.82) is 0 Å². The Labute approximate surface area is 217 Å². The summed E-state index contributed by atoms with van der Waals surface area (Å²) in [5.41, 5.74) is 8.86. The largest absolute Gasteiger partial charge is 0.453 e. The predicted molar refractivity (Wildman–Crippen MR) is 137 cm³/mol. The standard InChI is InChI=1S/C28H36FN3O5/c1-18-5-3-6-19(15-18)25-22(7-4-8-23(25)29)26(37-13-11-31-28(34)35-2)24-17-32(12-14-36-24)27(33)20-9-10-21(30)16-20/h3-8,15,20-21,24,26H,9-14,16-17,30H2,1-2H3,(H,31,34)/t20-,21+,24?,26?/m1/s1. The summed E-state index contributed by atoms with van der Waals surface area (Å²) < 4.78 is 32.4. The van der Waals surface area contributed by atoms with Gasteiger partial charge in [0.1, 0.15) is 18.0 Å². The van der Waals surface area contributed by atoms with Crippen molar-refractivity contribution in [1.82, 2.24) is 10.2 Å². The smallest absolute Gasteiger partial charge is 0.406 e. The molecule has 0 bridgehead atoms. The van der Waals surface area contributed by atoms with E-state index in [4.69, 9.17) is 15.2 Å². The molecular weight excluding hydrogens is 477 g/mol. The molecule has 0 spiro atoms. The Balaban J connectivity index is 1.61. The van der Waals surface area contributed by atoms with Crippen LogP contribution in [0.1, 0.15) is 36.5 Å². The minimum Gasteiger partial charge on any atom is -0.453 e. The number of ether oxygens (including phenoxy) is 3. The minimum atomic E-state index is -0.674. The third-order valence-electron chi connectivity index (χ3n) is 7.08. The van der Waals surface area contributed by atoms with Crippen LogP contribution in [-0.4, -0.2) is 69.0 Å². The first-order chi connectivity index (χ1) is 17.9. The molecule has 200 valence electrons. The number of alkyl carbamates (subject to hydrolysis) is 1. The quantitative estimate of drug-likeness (QED) is 0.523. The van der Waals surface area contributed by atoms with Gasteiger partial charge in [-0.3, -0.25) is 4.79 Å². The van der Waals surface area contributed by atoms with Gasteiger partial charge in [-0.15, -0.1) is 0 Å². The highest BCUT2D eigenvalue weighted by molar-refractivity contribution is 5.79. The second-order valence-electron chi connectivity index (χ2n) is 9.75. The highest BCUT2D eigenvalue weighted by atomic mass is 19.1. The topological polar surface area (TPSA) is 103 Å². The van der Waals surface area contributed by atoms with Gasteiger partial charge in [0.15, 0.2) is 0 Å². The van der Waals surface area contributed by atoms with Gasteiger partial charge < -0.3 is 30.2 Å². The summed E-state index contributed by atoms with van der Waals surface area (Å²) in [5, 5.41) is 2.60. The second-order valence-corrected chi connectivity index (χ2v) is 9.75. The number of carbonyl (C=O) groups is 2. The number of nitrogens with zero attached hydrogens (tertiary/aromatic N) is 1. The molecule has 2 aromatic rings. The van der Waals surface area contributed by atoms with Crippen LogP contribution in [0.5, 0.6) is 0 Å². The molecule has 1 saturated heterocycles. The van der Waals surface area contributed by atoms with Crippen molar-refractivity contribution in [3.05, 3.63) is 59.4 Å². The number of aryl methyl sites for hydroxylation is 1. The van der Waals surface area contributed by atoms with Crippen molar-refractivity contribution in [2.24, 2.45) is 11.7 Å². The molecule has 9 heteroatoms. The molecule has 4 rings (SSSR count). The maximum atomic E-state index is 15.3. The van der Waals surface area contributed by atoms with E-state index in [0.29, 0.717) is 37.2 Å². The Bertz CT molecular complexity index is 1100. The van der Waals surface area contributed by atoms with E-state index in [1.54, 1.807) is 6.07 Å². The number of morpholine rings is 1. The number of amides is 2. The maximum Gasteiger partial charge on any atom is 0.406 e. The summed E-state index contributed by atoms with van der Waals surface area (Å²) >= 11 is 0. The van der Waals surface area contributed by atoms with E-state index in [1.165, 1.54) is 13.2 Å². The molecule has 1 saturated carbocycles. The summed E-state index contributed by atoms with van der Waals surface area (Å²) in [6.07, 6.45) is 0.589. The van der Waals surface area contributed by atoms with E-state index >= 15 is 4.39 Å². The van der Waals surface area contributed by atoms with Crippen LogP contribution in [0.15, 0.2) is 42.5 Å². The molecule has 37 heavy (non-hydrogen) atoms. The molecule has 0 aromatic heterocycles. The summed E-state index contributed by atoms with van der Waals surface area (Å²) in [6, 6.07) is 12.6. The average molecular weight is 514 g/mol. The summed E-state index contributed by atoms with van der Waals surface area (Å²) in [7, 11) is 1.29. The molecule has 2 unspecified atom stereocenters. The fourth-order valence-electron chi connectivity index (χ4n) is 5.25. The fraction of sp³-hybridized carbons (Fsp3) is 0.500. The van der Waals surface area contributed by atoms with Crippen LogP contribution >= 0.6 is 0 Å². The Morgan fingerprint density at radius 1 is 1.24 bits per heavy atom. The zero-order valence-corrected chi connectivity index (χ0v) is 21.5. The van der Waals surface area contributed by atoms with Gasteiger partial charge in [-0.1, -0.05) is 42.0 Å². The molecule has 1 aliphatic heterocycles. The van der Waals surface area contributed by atoms with Crippen LogP contribution in [-0.2, 0) is 19.0 Å². The normalized spacial score (nSPS) is 22.5. The van der Waals surface area contributed by atoms with Crippen LogP contribution in [0.2, 0.25) is 0 Å². The number of halogens is 1. The van der Waals surface area contributed by atoms with Crippen LogP contribution in [0.3, 0.4) is 0 Å². The molecule has 2 fully saturated rings. The summed E-state index contributed by atoms with van der Waals surface area (Å²) in [6.45, 7) is 3.47. The molecule has 4 atom stereocenters. The van der Waals surface area contributed by atoms with Crippen LogP contribution in [0, 0.1) is 18.7 Å². The van der Waals surface area contributed by atoms with E-state index in [2.05, 4.69) is 10.1 Å². The predicted octanol–water partition coefficient (Wildman–Crippen LogP) is 3.57. The van der Waals surface area contributed by atoms with Gasteiger partial charge in [0.25, 0.3) is 0 Å². The van der Waals surface area contributed by atoms with Gasteiger partial charge >= 0.3 is 6.09 Å². The van der Waals surface area contributed by atoms with Gasteiger partial charge in [0.2, 0.25) is 5.91 Å². The molecule has 3 N–H and O–H groups in total. The number of carbonyl (C=O) groups excluding carboxylic acids is 2. The zero-order valence-electron chi connectivity index (χ0n) is 21.5. The molecular formula is C28H36FN3O5. The molecule has 2 aliphatic rings. The lowest BCUT2D eigenvalue weighted by Crippen LogP contribution is -2.50. The lowest BCUT2D eigenvalue weighted by molar-refractivity contribution is -0.152. The van der Waals surface area contributed by atoms with E-state index in [-0.39, 0.29) is 36.8 Å². The first-order valence-corrected chi connectivity index (χ1v) is 12.8. The monoisotopic (exact) mass is 513 g/mol. The molecule has 8 nitrogen and oxygen atoms in total. The lowest BCUT2D eigenvalue weighted by Gasteiger charge is -2.38. The molecule has 2 amide bonds. The number of methoxy groups -OCH3 is 1. The van der Waals surface area contributed by atoms with Gasteiger partial charge in [0, 0.05) is 37.2 Å². The van der Waals surface area contributed by atoms with Crippen LogP contribution < -0.4 is 11.1 Å². The Morgan fingerprint density at radius 2 is 2.05 bits per heavy atom. The SMILES string of the molecule is COC(=O)NCCOC(c1cccc(F)c1-c1cccc(C)c1)C1CN(C(=O)[C@@H]2CC[C@H](N)C2)CCO1. The van der Waals surface area contributed by atoms with Gasteiger partial charge in [-0.25, -0.2) is 9.18 Å². The number of hydrogen-bond acceptors (Lipinski definition) is 6. The zero-order chi connectivity index (χ0) is 26.4. The van der Waals surface area contributed by atoms with E-state index in [0.717, 1.165) is 24.0 Å². The molecule has 1 heterocycles. The van der Waals surface area contributed by atoms with Crippen molar-refractivity contribution in [2.45, 2.75) is 44.4 Å². The van der Waals surface area contributed by atoms with E-state index in [9.17, 15) is 9.59 Å². The summed E-state index contributed by atoms with van der Waals surface area (Å²) in [4.78, 5) is 26.6. The molecule has 1 aliphatic carbocycles. The van der Waals surface area contributed by atoms with Crippen molar-refractivity contribution in [3.8, 4) is 11.1 Å². The Morgan fingerprint density at radius 3 is 2.78 bits per heavy atom. The Hall–Kier alpha value is -3.01. The number of rotatable bonds is 8. The van der Waals surface area contributed by atoms with Gasteiger partial charge in [0.05, 0.1) is 20.3 Å².